The van der Waals surface area contributed by atoms with Crippen LogP contribution in [0.1, 0.15) is 45.2 Å². The summed E-state index contributed by atoms with van der Waals surface area (Å²) in [6.45, 7) is 0. The molecule has 0 saturated carbocycles. The molecule has 0 bridgehead atoms. The third kappa shape index (κ3) is 5.57. The zero-order chi connectivity index (χ0) is 28.2. The highest BCUT2D eigenvalue weighted by atomic mass is 19.1. The first kappa shape index (κ1) is 27.0. The summed E-state index contributed by atoms with van der Waals surface area (Å²) in [4.78, 5) is 0. The molecule has 0 aliphatic heterocycles. The second-order valence-electron chi connectivity index (χ2n) is 9.41. The topological polar surface area (TPSA) is 18.5 Å². The Kier molecular flexibility index (Phi) is 7.87. The van der Waals surface area contributed by atoms with Crippen molar-refractivity contribution in [2.45, 2.75) is 11.8 Å². The molecular weight excluding hydrogens is 516 g/mol. The summed E-state index contributed by atoms with van der Waals surface area (Å²) in [6.07, 6.45) is 0. The summed E-state index contributed by atoms with van der Waals surface area (Å²) in [7, 11) is 3.09. The molecule has 0 aliphatic carbocycles. The molecule has 0 spiro atoms. The minimum atomic E-state index is -0.456. The first-order valence-electron chi connectivity index (χ1n) is 12.7. The molecule has 40 heavy (non-hydrogen) atoms. The normalized spacial score (nSPS) is 11.2. The van der Waals surface area contributed by atoms with Crippen LogP contribution in [0.2, 0.25) is 0 Å². The number of halogens is 4. The smallest absolute Gasteiger partial charge is 0.126 e. The Morgan fingerprint density at radius 2 is 0.650 bits per heavy atom. The minimum Gasteiger partial charge on any atom is -0.496 e. The van der Waals surface area contributed by atoms with Crippen LogP contribution >= 0.6 is 0 Å². The van der Waals surface area contributed by atoms with Crippen molar-refractivity contribution in [2.24, 2.45) is 0 Å². The number of ether oxygens (including phenoxy) is 2. The van der Waals surface area contributed by atoms with E-state index in [0.29, 0.717) is 11.5 Å². The van der Waals surface area contributed by atoms with Gasteiger partial charge in [0.25, 0.3) is 0 Å². The third-order valence-corrected chi connectivity index (χ3v) is 7.02. The zero-order valence-corrected chi connectivity index (χ0v) is 21.9. The molecule has 5 aromatic rings. The van der Waals surface area contributed by atoms with Crippen molar-refractivity contribution in [1.82, 2.24) is 0 Å². The summed E-state index contributed by atoms with van der Waals surface area (Å²) in [5.41, 5.74) is 4.52. The van der Waals surface area contributed by atoms with Gasteiger partial charge in [-0.15, -0.1) is 0 Å². The van der Waals surface area contributed by atoms with E-state index >= 15 is 0 Å². The van der Waals surface area contributed by atoms with Crippen LogP contribution in [0.15, 0.2) is 109 Å². The van der Waals surface area contributed by atoms with Gasteiger partial charge in [0, 0.05) is 29.0 Å². The fraction of sp³-hybridized carbons (Fsp3) is 0.118. The van der Waals surface area contributed by atoms with E-state index in [1.807, 2.05) is 6.07 Å². The minimum absolute atomic E-state index is 0.378. The fourth-order valence-electron chi connectivity index (χ4n) is 5.12. The van der Waals surface area contributed by atoms with Crippen molar-refractivity contribution in [1.29, 1.82) is 0 Å². The van der Waals surface area contributed by atoms with Crippen molar-refractivity contribution in [3.63, 3.8) is 0 Å². The second-order valence-corrected chi connectivity index (χ2v) is 9.41. The van der Waals surface area contributed by atoms with Gasteiger partial charge in [-0.3, -0.25) is 0 Å². The van der Waals surface area contributed by atoms with Gasteiger partial charge in [0.2, 0.25) is 0 Å². The SMILES string of the molecule is COc1cc(OC)c(C(c2ccc(F)cc2)c2ccc(F)cc2)cc1C(c1ccc(F)cc1)c1ccc(F)cc1. The van der Waals surface area contributed by atoms with Crippen LogP contribution in [0.3, 0.4) is 0 Å². The van der Waals surface area contributed by atoms with Crippen LogP contribution in [0.4, 0.5) is 17.6 Å². The first-order valence-corrected chi connectivity index (χ1v) is 12.7. The Bertz CT molecular complexity index is 1370. The molecule has 5 aromatic carbocycles. The van der Waals surface area contributed by atoms with E-state index in [9.17, 15) is 17.6 Å². The highest BCUT2D eigenvalue weighted by Gasteiger charge is 2.27. The molecule has 0 saturated heterocycles. The van der Waals surface area contributed by atoms with Crippen LogP contribution in [0, 0.1) is 23.3 Å². The van der Waals surface area contributed by atoms with Crippen LogP contribution in [0.25, 0.3) is 0 Å². The van der Waals surface area contributed by atoms with Gasteiger partial charge in [-0.2, -0.15) is 0 Å². The maximum atomic E-state index is 13.9. The van der Waals surface area contributed by atoms with E-state index in [1.54, 1.807) is 68.8 Å². The van der Waals surface area contributed by atoms with E-state index in [2.05, 4.69) is 0 Å². The summed E-state index contributed by atoms with van der Waals surface area (Å²) >= 11 is 0. The van der Waals surface area contributed by atoms with E-state index in [0.717, 1.165) is 33.4 Å². The Balaban J connectivity index is 1.78. The van der Waals surface area contributed by atoms with E-state index in [-0.39, 0.29) is 23.3 Å². The van der Waals surface area contributed by atoms with E-state index in [4.69, 9.17) is 9.47 Å². The molecule has 0 N–H and O–H groups in total. The molecule has 0 unspecified atom stereocenters. The number of benzene rings is 5. The summed E-state index contributed by atoms with van der Waals surface area (Å²) in [6, 6.07) is 28.2. The van der Waals surface area contributed by atoms with E-state index < -0.39 is 11.8 Å². The Morgan fingerprint density at radius 1 is 0.400 bits per heavy atom. The predicted molar refractivity (Wildman–Crippen MR) is 147 cm³/mol. The first-order chi connectivity index (χ1) is 19.4. The molecule has 2 nitrogen and oxygen atoms in total. The Labute approximate surface area is 230 Å². The van der Waals surface area contributed by atoms with Crippen molar-refractivity contribution in [2.75, 3.05) is 14.2 Å². The van der Waals surface area contributed by atoms with Crippen LogP contribution in [0.5, 0.6) is 11.5 Å². The summed E-state index contributed by atoms with van der Waals surface area (Å²) in [5, 5.41) is 0. The molecule has 0 radical (unpaired) electrons. The number of hydrogen-bond acceptors (Lipinski definition) is 2. The Morgan fingerprint density at radius 3 is 0.875 bits per heavy atom. The highest BCUT2D eigenvalue weighted by molar-refractivity contribution is 5.59. The lowest BCUT2D eigenvalue weighted by molar-refractivity contribution is 0.387. The average Bonchev–Trinajstić information content (AvgIpc) is 2.97. The van der Waals surface area contributed by atoms with Gasteiger partial charge in [0.05, 0.1) is 14.2 Å². The standard InChI is InChI=1S/C34H26F4O2/c1-39-31-20-32(40-2)30(34(23-7-15-27(37)16-8-23)24-9-17-28(38)18-10-24)19-29(31)33(21-3-11-25(35)12-4-21)22-5-13-26(36)14-6-22/h3-20,33-34H,1-2H3. The van der Waals surface area contributed by atoms with Gasteiger partial charge in [-0.1, -0.05) is 48.5 Å². The molecule has 6 heteroatoms. The van der Waals surface area contributed by atoms with Crippen molar-refractivity contribution < 1.29 is 27.0 Å². The lowest BCUT2D eigenvalue weighted by atomic mass is 9.79. The number of hydrogen-bond donors (Lipinski definition) is 0. The number of rotatable bonds is 8. The molecule has 0 amide bonds. The summed E-state index contributed by atoms with van der Waals surface area (Å²) < 4.78 is 67.3. The quantitative estimate of drug-likeness (QED) is 0.144. The van der Waals surface area contributed by atoms with Crippen LogP contribution in [-0.4, -0.2) is 14.2 Å². The van der Waals surface area contributed by atoms with Crippen molar-refractivity contribution >= 4 is 0 Å². The average molecular weight is 543 g/mol. The monoisotopic (exact) mass is 542 g/mol. The third-order valence-electron chi connectivity index (χ3n) is 7.02. The zero-order valence-electron chi connectivity index (χ0n) is 21.9. The van der Waals surface area contributed by atoms with Gasteiger partial charge in [-0.25, -0.2) is 17.6 Å². The van der Waals surface area contributed by atoms with Gasteiger partial charge in [0.15, 0.2) is 0 Å². The summed E-state index contributed by atoms with van der Waals surface area (Å²) in [5.74, 6) is -1.40. The van der Waals surface area contributed by atoms with E-state index in [1.165, 1.54) is 48.5 Å². The molecule has 202 valence electrons. The lowest BCUT2D eigenvalue weighted by Gasteiger charge is -2.27. The molecular formula is C34H26F4O2. The maximum absolute atomic E-state index is 13.9. The Hall–Kier alpha value is -4.58. The van der Waals surface area contributed by atoms with Crippen LogP contribution in [-0.2, 0) is 0 Å². The van der Waals surface area contributed by atoms with Gasteiger partial charge >= 0.3 is 0 Å². The highest BCUT2D eigenvalue weighted by Crippen LogP contribution is 2.45. The molecule has 5 rings (SSSR count). The maximum Gasteiger partial charge on any atom is 0.126 e. The van der Waals surface area contributed by atoms with Gasteiger partial charge in [-0.05, 0) is 76.9 Å². The second kappa shape index (κ2) is 11.7. The van der Waals surface area contributed by atoms with Gasteiger partial charge < -0.3 is 9.47 Å². The molecule has 0 aliphatic rings. The lowest BCUT2D eigenvalue weighted by Crippen LogP contribution is -2.11. The number of methoxy groups -OCH3 is 2. The predicted octanol–water partition coefficient (Wildman–Crippen LogP) is 8.62. The largest absolute Gasteiger partial charge is 0.496 e. The van der Waals surface area contributed by atoms with Crippen LogP contribution < -0.4 is 9.47 Å². The molecule has 0 atom stereocenters. The van der Waals surface area contributed by atoms with Crippen molar-refractivity contribution in [3.05, 3.63) is 166 Å². The molecule has 0 aromatic heterocycles. The molecule has 0 fully saturated rings. The van der Waals surface area contributed by atoms with Gasteiger partial charge in [0.1, 0.15) is 34.8 Å². The van der Waals surface area contributed by atoms with Crippen molar-refractivity contribution in [3.8, 4) is 11.5 Å². The molecule has 0 heterocycles. The fourth-order valence-corrected chi connectivity index (χ4v) is 5.12.